The summed E-state index contributed by atoms with van der Waals surface area (Å²) in [5.74, 6) is -0.357. The zero-order valence-electron chi connectivity index (χ0n) is 17.4. The van der Waals surface area contributed by atoms with Crippen LogP contribution in [0.1, 0.15) is 37.3 Å². The lowest BCUT2D eigenvalue weighted by molar-refractivity contribution is -0.142. The van der Waals surface area contributed by atoms with E-state index in [4.69, 9.17) is 10.7 Å². The van der Waals surface area contributed by atoms with Gasteiger partial charge in [-0.05, 0) is 47.7 Å². The number of nitrogen functional groups attached to an aromatic ring is 1. The Morgan fingerprint density at radius 2 is 1.91 bits per heavy atom. The number of anilines is 1. The van der Waals surface area contributed by atoms with E-state index in [1.54, 1.807) is 27.8 Å². The highest BCUT2D eigenvalue weighted by Crippen LogP contribution is 2.40. The van der Waals surface area contributed by atoms with Crippen LogP contribution in [0.4, 0.5) is 5.82 Å². The van der Waals surface area contributed by atoms with Gasteiger partial charge in [-0.3, -0.25) is 14.5 Å². The van der Waals surface area contributed by atoms with Crippen LogP contribution in [0.2, 0.25) is 0 Å². The van der Waals surface area contributed by atoms with Gasteiger partial charge in [-0.25, -0.2) is 4.98 Å². The Kier molecular flexibility index (Phi) is 5.16. The molecule has 0 spiro atoms. The maximum atomic E-state index is 11.3. The number of aryl methyl sites for hydroxylation is 1. The molecule has 4 aromatic rings. The van der Waals surface area contributed by atoms with Gasteiger partial charge in [0, 0.05) is 42.0 Å². The second-order valence-corrected chi connectivity index (χ2v) is 9.00. The number of fused-ring (bicyclic) bond motifs is 1. The summed E-state index contributed by atoms with van der Waals surface area (Å²) in [6.07, 6.45) is 10.1. The molecule has 4 aromatic heterocycles. The summed E-state index contributed by atoms with van der Waals surface area (Å²) in [5, 5.41) is 17.9. The van der Waals surface area contributed by atoms with E-state index in [-0.39, 0.29) is 11.8 Å². The number of aliphatic carboxylic acids is 1. The molecule has 0 atom stereocenters. The molecule has 0 saturated heterocycles. The zero-order valence-corrected chi connectivity index (χ0v) is 19.0. The lowest BCUT2D eigenvalue weighted by Gasteiger charge is -2.26. The van der Waals surface area contributed by atoms with E-state index in [2.05, 4.69) is 31.1 Å². The summed E-state index contributed by atoms with van der Waals surface area (Å²) in [6.45, 7) is 0. The van der Waals surface area contributed by atoms with Gasteiger partial charge in [0.05, 0.1) is 34.2 Å². The third-order valence-corrected chi connectivity index (χ3v) is 7.00. The SMILES string of the molecule is Cn1cc(-c2ccc(-c3cnn4c(N)c(Br)c(C5CCC(C(=O)O)CC5)nc34)cn2)cn1. The topological polar surface area (TPSA) is 124 Å². The van der Waals surface area contributed by atoms with Crippen molar-refractivity contribution in [2.75, 3.05) is 5.73 Å². The van der Waals surface area contributed by atoms with Gasteiger partial charge < -0.3 is 10.8 Å². The minimum atomic E-state index is -0.717. The molecule has 9 nitrogen and oxygen atoms in total. The fourth-order valence-electron chi connectivity index (χ4n) is 4.38. The minimum absolute atomic E-state index is 0.154. The Balaban J connectivity index is 1.51. The van der Waals surface area contributed by atoms with Crippen molar-refractivity contribution in [2.24, 2.45) is 13.0 Å². The van der Waals surface area contributed by atoms with Crippen LogP contribution in [0, 0.1) is 5.92 Å². The maximum Gasteiger partial charge on any atom is 0.306 e. The third-order valence-electron chi connectivity index (χ3n) is 6.19. The van der Waals surface area contributed by atoms with Crippen molar-refractivity contribution in [3.63, 3.8) is 0 Å². The Labute approximate surface area is 192 Å². The van der Waals surface area contributed by atoms with Crippen molar-refractivity contribution in [1.82, 2.24) is 29.4 Å². The highest BCUT2D eigenvalue weighted by Gasteiger charge is 2.30. The van der Waals surface area contributed by atoms with Crippen molar-refractivity contribution >= 4 is 33.4 Å². The highest BCUT2D eigenvalue weighted by atomic mass is 79.9. The lowest BCUT2D eigenvalue weighted by Crippen LogP contribution is -2.21. The number of hydrogen-bond acceptors (Lipinski definition) is 6. The molecule has 0 unspecified atom stereocenters. The zero-order chi connectivity index (χ0) is 22.4. The monoisotopic (exact) mass is 495 g/mol. The number of rotatable bonds is 4. The van der Waals surface area contributed by atoms with Crippen LogP contribution in [0.15, 0.2) is 41.4 Å². The number of halogens is 1. The number of nitrogens with zero attached hydrogens (tertiary/aromatic N) is 6. The molecule has 5 rings (SSSR count). The molecule has 3 N–H and O–H groups in total. The van der Waals surface area contributed by atoms with Crippen LogP contribution < -0.4 is 5.73 Å². The van der Waals surface area contributed by atoms with E-state index < -0.39 is 5.97 Å². The fraction of sp³-hybridized carbons (Fsp3) is 0.318. The highest BCUT2D eigenvalue weighted by molar-refractivity contribution is 9.10. The second-order valence-electron chi connectivity index (χ2n) is 8.21. The number of nitrogens with two attached hydrogens (primary N) is 1. The summed E-state index contributed by atoms with van der Waals surface area (Å²) in [5.41, 5.74) is 11.4. The van der Waals surface area contributed by atoms with Gasteiger partial charge in [0.25, 0.3) is 0 Å². The number of carboxylic acids is 1. The molecule has 32 heavy (non-hydrogen) atoms. The van der Waals surface area contributed by atoms with Crippen LogP contribution >= 0.6 is 15.9 Å². The fourth-order valence-corrected chi connectivity index (χ4v) is 4.96. The molecular weight excluding hydrogens is 474 g/mol. The third kappa shape index (κ3) is 3.54. The number of carboxylic acid groups (broad SMARTS) is 1. The van der Waals surface area contributed by atoms with E-state index in [0.717, 1.165) is 45.4 Å². The quantitative estimate of drug-likeness (QED) is 0.439. The van der Waals surface area contributed by atoms with Crippen molar-refractivity contribution in [3.8, 4) is 22.4 Å². The Morgan fingerprint density at radius 3 is 2.53 bits per heavy atom. The average Bonchev–Trinajstić information content (AvgIpc) is 3.43. The first-order valence-corrected chi connectivity index (χ1v) is 11.2. The Hall–Kier alpha value is -3.27. The molecule has 0 aliphatic heterocycles. The van der Waals surface area contributed by atoms with E-state index >= 15 is 0 Å². The molecule has 4 heterocycles. The number of hydrogen-bond donors (Lipinski definition) is 2. The van der Waals surface area contributed by atoms with Crippen LogP contribution in [-0.4, -0.2) is 40.4 Å². The normalized spacial score (nSPS) is 18.8. The molecule has 0 bridgehead atoms. The minimum Gasteiger partial charge on any atom is -0.481 e. The largest absolute Gasteiger partial charge is 0.481 e. The van der Waals surface area contributed by atoms with Crippen molar-refractivity contribution in [3.05, 3.63) is 47.1 Å². The first-order chi connectivity index (χ1) is 15.4. The van der Waals surface area contributed by atoms with Gasteiger partial charge in [-0.2, -0.15) is 14.7 Å². The summed E-state index contributed by atoms with van der Waals surface area (Å²) in [6, 6.07) is 3.94. The van der Waals surface area contributed by atoms with E-state index in [1.165, 1.54) is 0 Å². The summed E-state index contributed by atoms with van der Waals surface area (Å²) in [4.78, 5) is 20.8. The van der Waals surface area contributed by atoms with Gasteiger partial charge in [-0.15, -0.1) is 0 Å². The summed E-state index contributed by atoms with van der Waals surface area (Å²) in [7, 11) is 1.87. The molecule has 1 fully saturated rings. The smallest absolute Gasteiger partial charge is 0.306 e. The predicted molar refractivity (Wildman–Crippen MR) is 123 cm³/mol. The lowest BCUT2D eigenvalue weighted by atomic mass is 9.80. The second kappa shape index (κ2) is 8.01. The van der Waals surface area contributed by atoms with Gasteiger partial charge in [0.1, 0.15) is 5.82 Å². The standard InChI is InChI=1S/C22H22BrN7O2/c1-29-11-15(9-26-29)17-7-6-14(8-25-17)16-10-27-30-20(24)18(23)19(28-21(16)30)12-2-4-13(5-3-12)22(31)32/h6-13H,2-5,24H2,1H3,(H,31,32). The first-order valence-electron chi connectivity index (χ1n) is 10.4. The van der Waals surface area contributed by atoms with Crippen molar-refractivity contribution in [2.45, 2.75) is 31.6 Å². The van der Waals surface area contributed by atoms with E-state index in [0.29, 0.717) is 24.3 Å². The molecule has 1 saturated carbocycles. The summed E-state index contributed by atoms with van der Waals surface area (Å²) < 4.78 is 4.09. The van der Waals surface area contributed by atoms with E-state index in [9.17, 15) is 9.90 Å². The van der Waals surface area contributed by atoms with E-state index in [1.807, 2.05) is 25.4 Å². The molecule has 0 radical (unpaired) electrons. The molecule has 0 amide bonds. The number of aromatic nitrogens is 6. The Bertz CT molecular complexity index is 1300. The maximum absolute atomic E-state index is 11.3. The molecule has 0 aromatic carbocycles. The molecule has 1 aliphatic rings. The summed E-state index contributed by atoms with van der Waals surface area (Å²) >= 11 is 3.60. The van der Waals surface area contributed by atoms with Crippen LogP contribution in [0.3, 0.4) is 0 Å². The molecule has 1 aliphatic carbocycles. The average molecular weight is 496 g/mol. The predicted octanol–water partition coefficient (Wildman–Crippen LogP) is 3.89. The van der Waals surface area contributed by atoms with Crippen molar-refractivity contribution < 1.29 is 9.90 Å². The Morgan fingerprint density at radius 1 is 1.12 bits per heavy atom. The van der Waals surface area contributed by atoms with Crippen LogP contribution in [0.25, 0.3) is 28.0 Å². The van der Waals surface area contributed by atoms with Crippen LogP contribution in [0.5, 0.6) is 0 Å². The van der Waals surface area contributed by atoms with Gasteiger partial charge >= 0.3 is 5.97 Å². The molecule has 164 valence electrons. The van der Waals surface area contributed by atoms with Gasteiger partial charge in [-0.1, -0.05) is 6.07 Å². The number of carbonyl (C=O) groups is 1. The van der Waals surface area contributed by atoms with Gasteiger partial charge in [0.15, 0.2) is 5.65 Å². The molecule has 10 heteroatoms. The first kappa shape index (κ1) is 20.6. The van der Waals surface area contributed by atoms with Gasteiger partial charge in [0.2, 0.25) is 0 Å². The van der Waals surface area contributed by atoms with Crippen LogP contribution in [-0.2, 0) is 11.8 Å². The number of pyridine rings is 1. The molecular formula is C22H22BrN7O2. The van der Waals surface area contributed by atoms with Crippen molar-refractivity contribution in [1.29, 1.82) is 0 Å².